The number of piperazine rings is 1. The number of carbonyl (C=O) groups excluding carboxylic acids is 1. The largest absolute Gasteiger partial charge is 0.461 e. The Kier molecular flexibility index (Phi) is 5.96. The third kappa shape index (κ3) is 3.92. The number of hydrogen-bond donors (Lipinski definition) is 1. The van der Waals surface area contributed by atoms with Crippen LogP contribution in [0, 0.1) is 23.2 Å². The molecule has 0 radical (unpaired) electrons. The lowest BCUT2D eigenvalue weighted by molar-refractivity contribution is -0.145. The van der Waals surface area contributed by atoms with Gasteiger partial charge in [0, 0.05) is 56.2 Å². The second-order valence-corrected chi connectivity index (χ2v) is 10.6. The van der Waals surface area contributed by atoms with Gasteiger partial charge in [0.25, 0.3) is 0 Å². The molecule has 186 valence electrons. The van der Waals surface area contributed by atoms with Crippen LogP contribution in [0.2, 0.25) is 0 Å². The highest BCUT2D eigenvalue weighted by molar-refractivity contribution is 5.76. The number of anilines is 1. The summed E-state index contributed by atoms with van der Waals surface area (Å²) in [5.74, 6) is -0.495. The molecular weight excluding hydrogens is 445 g/mol. The van der Waals surface area contributed by atoms with Crippen LogP contribution in [-0.4, -0.2) is 60.9 Å². The van der Waals surface area contributed by atoms with Gasteiger partial charge in [-0.05, 0) is 37.0 Å². The maximum absolute atomic E-state index is 13.1. The molecule has 2 heterocycles. The maximum atomic E-state index is 13.1. The lowest BCUT2D eigenvalue weighted by Crippen LogP contribution is -2.55. The minimum atomic E-state index is -4.36. The monoisotopic (exact) mass is 478 g/mol. The van der Waals surface area contributed by atoms with Crippen molar-refractivity contribution in [3.8, 4) is 0 Å². The van der Waals surface area contributed by atoms with Crippen molar-refractivity contribution in [2.75, 3.05) is 37.6 Å². The molecule has 34 heavy (non-hydrogen) atoms. The van der Waals surface area contributed by atoms with Crippen molar-refractivity contribution in [1.82, 2.24) is 4.90 Å². The van der Waals surface area contributed by atoms with E-state index in [1.807, 2.05) is 4.90 Å². The summed E-state index contributed by atoms with van der Waals surface area (Å²) in [7, 11) is 0. The normalized spacial score (nSPS) is 36.5. The number of aliphatic hydroxyl groups excluding tert-OH is 1. The molecule has 1 saturated carbocycles. The number of hydrogen-bond acceptors (Lipinski definition) is 5. The molecule has 2 aliphatic carbocycles. The Hall–Kier alpha value is -2.06. The predicted molar refractivity (Wildman–Crippen MR) is 122 cm³/mol. The average molecular weight is 479 g/mol. The van der Waals surface area contributed by atoms with Crippen molar-refractivity contribution in [2.45, 2.75) is 51.5 Å². The van der Waals surface area contributed by atoms with E-state index in [4.69, 9.17) is 4.74 Å². The molecule has 3 fully saturated rings. The van der Waals surface area contributed by atoms with E-state index in [9.17, 15) is 23.1 Å². The molecule has 1 N–H and O–H groups in total. The van der Waals surface area contributed by atoms with Crippen molar-refractivity contribution >= 4 is 11.7 Å². The fourth-order valence-electron chi connectivity index (χ4n) is 6.62. The molecule has 6 atom stereocenters. The van der Waals surface area contributed by atoms with Crippen LogP contribution in [0.1, 0.15) is 38.7 Å². The molecule has 1 aromatic carbocycles. The van der Waals surface area contributed by atoms with E-state index in [1.54, 1.807) is 6.07 Å². The number of benzene rings is 1. The summed E-state index contributed by atoms with van der Waals surface area (Å²) < 4.78 is 45.0. The smallest absolute Gasteiger partial charge is 0.416 e. The van der Waals surface area contributed by atoms with Gasteiger partial charge in [0.1, 0.15) is 6.10 Å². The van der Waals surface area contributed by atoms with E-state index in [-0.39, 0.29) is 29.3 Å². The van der Waals surface area contributed by atoms with Crippen molar-refractivity contribution in [1.29, 1.82) is 0 Å². The molecule has 2 aliphatic heterocycles. The summed E-state index contributed by atoms with van der Waals surface area (Å²) in [6, 6.07) is 5.44. The summed E-state index contributed by atoms with van der Waals surface area (Å²) in [6.45, 7) is 7.30. The predicted octanol–water partition coefficient (Wildman–Crippen LogP) is 4.11. The van der Waals surface area contributed by atoms with Crippen LogP contribution in [0.25, 0.3) is 0 Å². The van der Waals surface area contributed by atoms with Gasteiger partial charge < -0.3 is 14.7 Å². The number of esters is 1. The van der Waals surface area contributed by atoms with E-state index in [1.165, 1.54) is 17.7 Å². The number of nitrogens with zero attached hydrogens (tertiary/aromatic N) is 2. The molecule has 5 rings (SSSR count). The summed E-state index contributed by atoms with van der Waals surface area (Å²) >= 11 is 0. The molecule has 0 bridgehead atoms. The average Bonchev–Trinajstić information content (AvgIpc) is 3.11. The van der Waals surface area contributed by atoms with E-state index in [0.717, 1.165) is 18.9 Å². The molecule has 8 heteroatoms. The third-order valence-corrected chi connectivity index (χ3v) is 8.94. The molecule has 0 spiro atoms. The maximum Gasteiger partial charge on any atom is 0.416 e. The lowest BCUT2D eigenvalue weighted by Gasteiger charge is -2.52. The first-order chi connectivity index (χ1) is 16.1. The van der Waals surface area contributed by atoms with Crippen LogP contribution in [0.15, 0.2) is 35.9 Å². The molecule has 0 amide bonds. The topological polar surface area (TPSA) is 53.0 Å². The van der Waals surface area contributed by atoms with Gasteiger partial charge in [-0.3, -0.25) is 9.69 Å². The fourth-order valence-corrected chi connectivity index (χ4v) is 6.62. The fraction of sp³-hybridized carbons (Fsp3) is 0.654. The molecule has 1 aromatic rings. The van der Waals surface area contributed by atoms with Gasteiger partial charge in [0.2, 0.25) is 0 Å². The quantitative estimate of drug-likeness (QED) is 0.524. The number of allylic oxidation sites excluding steroid dienone is 1. The first-order valence-corrected chi connectivity index (χ1v) is 12.3. The summed E-state index contributed by atoms with van der Waals surface area (Å²) in [5, 5.41) is 11.5. The SMILES string of the molecule is C[C@@H]1CCC=C2C[C@H]3OC(=O)[C@H](CN4CCN(c5cccc(C(F)(F)F)c5)CC4)[C@@H]3[C@H](O)[C@@]21C. The Bertz CT molecular complexity index is 972. The zero-order valence-corrected chi connectivity index (χ0v) is 19.7. The second-order valence-electron chi connectivity index (χ2n) is 10.6. The molecule has 0 unspecified atom stereocenters. The standard InChI is InChI=1S/C26H33F3N2O3/c1-16-5-3-6-17-14-21-22(23(32)25(16,17)2)20(24(33)34-21)15-30-9-11-31(12-10-30)19-8-4-7-18(13-19)26(27,28)29/h4,6-8,13,16,20-23,32H,3,5,9-12,14-15H2,1-2H3/t16-,20-,21-,22+,23+,25-/m1/s1. The van der Waals surface area contributed by atoms with Crippen LogP contribution in [0.3, 0.4) is 0 Å². The van der Waals surface area contributed by atoms with Gasteiger partial charge in [0.05, 0.1) is 17.6 Å². The van der Waals surface area contributed by atoms with Crippen LogP contribution >= 0.6 is 0 Å². The first kappa shape index (κ1) is 23.7. The third-order valence-electron chi connectivity index (χ3n) is 8.94. The van der Waals surface area contributed by atoms with Crippen molar-refractivity contribution in [3.63, 3.8) is 0 Å². The van der Waals surface area contributed by atoms with Gasteiger partial charge in [0.15, 0.2) is 0 Å². The van der Waals surface area contributed by atoms with Crippen LogP contribution < -0.4 is 4.90 Å². The number of alkyl halides is 3. The van der Waals surface area contributed by atoms with Crippen LogP contribution in [0.5, 0.6) is 0 Å². The van der Waals surface area contributed by atoms with Crippen molar-refractivity contribution in [2.24, 2.45) is 23.2 Å². The zero-order chi connectivity index (χ0) is 24.3. The van der Waals surface area contributed by atoms with E-state index >= 15 is 0 Å². The van der Waals surface area contributed by atoms with Gasteiger partial charge in [-0.2, -0.15) is 13.2 Å². The highest BCUT2D eigenvalue weighted by Crippen LogP contribution is 2.56. The number of fused-ring (bicyclic) bond motifs is 2. The Morgan fingerprint density at radius 1 is 1.21 bits per heavy atom. The Balaban J connectivity index is 1.26. The van der Waals surface area contributed by atoms with Crippen LogP contribution in [0.4, 0.5) is 18.9 Å². The highest BCUT2D eigenvalue weighted by Gasteiger charge is 2.59. The molecular formula is C26H33F3N2O3. The lowest BCUT2D eigenvalue weighted by atomic mass is 9.55. The number of carbonyl (C=O) groups is 1. The summed E-state index contributed by atoms with van der Waals surface area (Å²) in [5.41, 5.74) is 0.824. The summed E-state index contributed by atoms with van der Waals surface area (Å²) in [6.07, 6.45) is -0.296. The minimum absolute atomic E-state index is 0.225. The number of aliphatic hydroxyl groups is 1. The van der Waals surface area contributed by atoms with Crippen molar-refractivity contribution < 1.29 is 27.8 Å². The van der Waals surface area contributed by atoms with E-state index < -0.39 is 17.8 Å². The number of rotatable bonds is 3. The summed E-state index contributed by atoms with van der Waals surface area (Å²) in [4.78, 5) is 17.0. The Morgan fingerprint density at radius 3 is 2.65 bits per heavy atom. The van der Waals surface area contributed by atoms with Gasteiger partial charge in [-0.25, -0.2) is 0 Å². The van der Waals surface area contributed by atoms with Crippen LogP contribution in [-0.2, 0) is 15.7 Å². The number of ether oxygens (including phenoxy) is 1. The molecule has 2 saturated heterocycles. The Labute approximate surface area is 198 Å². The van der Waals surface area contributed by atoms with Gasteiger partial charge in [-0.15, -0.1) is 0 Å². The van der Waals surface area contributed by atoms with Crippen molar-refractivity contribution in [3.05, 3.63) is 41.5 Å². The highest BCUT2D eigenvalue weighted by atomic mass is 19.4. The molecule has 5 nitrogen and oxygen atoms in total. The first-order valence-electron chi connectivity index (χ1n) is 12.3. The van der Waals surface area contributed by atoms with E-state index in [2.05, 4.69) is 24.8 Å². The molecule has 0 aromatic heterocycles. The Morgan fingerprint density at radius 2 is 1.94 bits per heavy atom. The number of halogens is 3. The molecule has 4 aliphatic rings. The minimum Gasteiger partial charge on any atom is -0.461 e. The zero-order valence-electron chi connectivity index (χ0n) is 19.7. The van der Waals surface area contributed by atoms with Gasteiger partial charge in [-0.1, -0.05) is 31.6 Å². The van der Waals surface area contributed by atoms with Gasteiger partial charge >= 0.3 is 12.1 Å². The van der Waals surface area contributed by atoms with E-state index in [0.29, 0.717) is 50.7 Å². The second kappa shape index (κ2) is 8.55.